The van der Waals surface area contributed by atoms with Crippen LogP contribution in [0.4, 0.5) is 8.78 Å². The van der Waals surface area contributed by atoms with Crippen LogP contribution in [-0.2, 0) is 0 Å². The van der Waals surface area contributed by atoms with Gasteiger partial charge in [0.05, 0.1) is 0 Å². The molecule has 0 spiro atoms. The van der Waals surface area contributed by atoms with Crippen LogP contribution in [-0.4, -0.2) is 17.6 Å². The van der Waals surface area contributed by atoms with Gasteiger partial charge in [0.2, 0.25) is 5.92 Å². The zero-order valence-electron chi connectivity index (χ0n) is 10.3. The SMILES string of the molecule is OCC1(CC2CCCC(F)(F)C2)CC2CC2C1. The van der Waals surface area contributed by atoms with Crippen molar-refractivity contribution in [2.75, 3.05) is 6.61 Å². The molecule has 0 amide bonds. The average Bonchev–Trinajstić information content (AvgIpc) is 2.86. The molecule has 3 unspecified atom stereocenters. The number of aliphatic hydroxyl groups excluding tert-OH is 1. The summed E-state index contributed by atoms with van der Waals surface area (Å²) < 4.78 is 26.8. The first kappa shape index (κ1) is 11.9. The van der Waals surface area contributed by atoms with Gasteiger partial charge in [0.25, 0.3) is 0 Å². The summed E-state index contributed by atoms with van der Waals surface area (Å²) >= 11 is 0. The molecular weight excluding hydrogens is 222 g/mol. The second-order valence-corrected chi connectivity index (χ2v) is 6.84. The summed E-state index contributed by atoms with van der Waals surface area (Å²) in [7, 11) is 0. The molecule has 3 saturated carbocycles. The van der Waals surface area contributed by atoms with E-state index in [4.69, 9.17) is 0 Å². The third-order valence-corrected chi connectivity index (χ3v) is 5.26. The average molecular weight is 244 g/mol. The Kier molecular flexibility index (Phi) is 2.73. The molecule has 3 rings (SSSR count). The zero-order chi connectivity index (χ0) is 12.1. The van der Waals surface area contributed by atoms with E-state index in [1.807, 2.05) is 0 Å². The highest BCUT2D eigenvalue weighted by atomic mass is 19.3. The Morgan fingerprint density at radius 2 is 1.82 bits per heavy atom. The van der Waals surface area contributed by atoms with Gasteiger partial charge in [0.1, 0.15) is 0 Å². The molecule has 1 N–H and O–H groups in total. The van der Waals surface area contributed by atoms with Crippen LogP contribution in [0.5, 0.6) is 0 Å². The minimum Gasteiger partial charge on any atom is -0.396 e. The van der Waals surface area contributed by atoms with Crippen LogP contribution in [0, 0.1) is 23.2 Å². The molecule has 0 aliphatic heterocycles. The van der Waals surface area contributed by atoms with Crippen molar-refractivity contribution in [3.63, 3.8) is 0 Å². The van der Waals surface area contributed by atoms with E-state index in [-0.39, 0.29) is 30.8 Å². The van der Waals surface area contributed by atoms with Crippen molar-refractivity contribution in [3.05, 3.63) is 0 Å². The highest BCUT2D eigenvalue weighted by Crippen LogP contribution is 2.62. The van der Waals surface area contributed by atoms with Crippen molar-refractivity contribution in [2.24, 2.45) is 23.2 Å². The lowest BCUT2D eigenvalue weighted by molar-refractivity contribution is -0.0629. The Labute approximate surface area is 102 Å². The van der Waals surface area contributed by atoms with Crippen LogP contribution in [0.3, 0.4) is 0 Å². The van der Waals surface area contributed by atoms with Crippen molar-refractivity contribution in [3.8, 4) is 0 Å². The van der Waals surface area contributed by atoms with E-state index in [0.717, 1.165) is 37.5 Å². The lowest BCUT2D eigenvalue weighted by Gasteiger charge is -2.36. The topological polar surface area (TPSA) is 20.2 Å². The van der Waals surface area contributed by atoms with Gasteiger partial charge in [-0.1, -0.05) is 0 Å². The molecule has 17 heavy (non-hydrogen) atoms. The second kappa shape index (κ2) is 3.91. The molecule has 0 saturated heterocycles. The molecular formula is C14H22F2O. The zero-order valence-corrected chi connectivity index (χ0v) is 10.3. The Balaban J connectivity index is 1.61. The minimum atomic E-state index is -2.44. The van der Waals surface area contributed by atoms with Crippen LogP contribution in [0.25, 0.3) is 0 Å². The van der Waals surface area contributed by atoms with Gasteiger partial charge in [0.15, 0.2) is 0 Å². The van der Waals surface area contributed by atoms with Crippen molar-refractivity contribution >= 4 is 0 Å². The summed E-state index contributed by atoms with van der Waals surface area (Å²) in [5.41, 5.74) is 0.00562. The summed E-state index contributed by atoms with van der Waals surface area (Å²) in [5, 5.41) is 9.63. The third-order valence-electron chi connectivity index (χ3n) is 5.26. The van der Waals surface area contributed by atoms with Gasteiger partial charge in [-0.15, -0.1) is 0 Å². The number of hydrogen-bond acceptors (Lipinski definition) is 1. The monoisotopic (exact) mass is 244 g/mol. The van der Waals surface area contributed by atoms with Crippen LogP contribution in [0.15, 0.2) is 0 Å². The molecule has 0 radical (unpaired) electrons. The quantitative estimate of drug-likeness (QED) is 0.804. The number of rotatable bonds is 3. The number of alkyl halides is 2. The summed E-state index contributed by atoms with van der Waals surface area (Å²) in [6.45, 7) is 0.210. The van der Waals surface area contributed by atoms with Gasteiger partial charge in [-0.25, -0.2) is 8.78 Å². The molecule has 98 valence electrons. The highest BCUT2D eigenvalue weighted by molar-refractivity contribution is 5.04. The normalized spacial score (nSPS) is 47.8. The largest absolute Gasteiger partial charge is 0.396 e. The maximum Gasteiger partial charge on any atom is 0.248 e. The molecule has 3 heteroatoms. The van der Waals surface area contributed by atoms with Gasteiger partial charge in [-0.3, -0.25) is 0 Å². The van der Waals surface area contributed by atoms with Crippen LogP contribution in [0.1, 0.15) is 51.4 Å². The summed E-state index contributed by atoms with van der Waals surface area (Å²) in [6.07, 6.45) is 6.07. The molecule has 0 heterocycles. The Hall–Kier alpha value is -0.180. The van der Waals surface area contributed by atoms with Crippen LogP contribution in [0.2, 0.25) is 0 Å². The first-order valence-corrected chi connectivity index (χ1v) is 7.01. The van der Waals surface area contributed by atoms with E-state index in [2.05, 4.69) is 0 Å². The lowest BCUT2D eigenvalue weighted by atomic mass is 9.71. The van der Waals surface area contributed by atoms with E-state index in [1.165, 1.54) is 6.42 Å². The van der Waals surface area contributed by atoms with E-state index < -0.39 is 5.92 Å². The predicted octanol–water partition coefficient (Wildman–Crippen LogP) is 3.61. The van der Waals surface area contributed by atoms with Crippen molar-refractivity contribution in [2.45, 2.75) is 57.3 Å². The lowest BCUT2D eigenvalue weighted by Crippen LogP contribution is -2.32. The third kappa shape index (κ3) is 2.35. The molecule has 0 aromatic rings. The molecule has 0 aromatic carbocycles. The molecule has 3 aliphatic rings. The number of aliphatic hydroxyl groups is 1. The molecule has 3 atom stereocenters. The molecule has 3 fully saturated rings. The fraction of sp³-hybridized carbons (Fsp3) is 1.00. The fourth-order valence-electron chi connectivity index (χ4n) is 4.43. The Bertz CT molecular complexity index is 293. The molecule has 0 aromatic heterocycles. The second-order valence-electron chi connectivity index (χ2n) is 6.84. The maximum absolute atomic E-state index is 13.4. The number of hydrogen-bond donors (Lipinski definition) is 1. The number of fused-ring (bicyclic) bond motifs is 1. The number of halogens is 2. The fourth-order valence-corrected chi connectivity index (χ4v) is 4.43. The van der Waals surface area contributed by atoms with E-state index in [1.54, 1.807) is 0 Å². The summed E-state index contributed by atoms with van der Waals surface area (Å²) in [6, 6.07) is 0. The van der Waals surface area contributed by atoms with Gasteiger partial charge < -0.3 is 5.11 Å². The van der Waals surface area contributed by atoms with Gasteiger partial charge in [-0.2, -0.15) is 0 Å². The summed E-state index contributed by atoms with van der Waals surface area (Å²) in [5.74, 6) is -0.679. The Morgan fingerprint density at radius 3 is 2.41 bits per heavy atom. The van der Waals surface area contributed by atoms with Gasteiger partial charge >= 0.3 is 0 Å². The van der Waals surface area contributed by atoms with Gasteiger partial charge in [-0.05, 0) is 61.7 Å². The van der Waals surface area contributed by atoms with E-state index in [0.29, 0.717) is 6.42 Å². The predicted molar refractivity (Wildman–Crippen MR) is 61.9 cm³/mol. The van der Waals surface area contributed by atoms with Crippen LogP contribution < -0.4 is 0 Å². The standard InChI is InChI=1S/C14H22F2O/c15-14(16)3-1-2-10(6-14)5-13(9-17)7-11-4-12(11)8-13/h10-12,17H,1-9H2. The highest BCUT2D eigenvalue weighted by Gasteiger charge is 2.54. The van der Waals surface area contributed by atoms with Gasteiger partial charge in [0, 0.05) is 19.4 Å². The van der Waals surface area contributed by atoms with Crippen LogP contribution >= 0.6 is 0 Å². The van der Waals surface area contributed by atoms with Crippen molar-refractivity contribution < 1.29 is 13.9 Å². The minimum absolute atomic E-state index is 0.00562. The molecule has 3 aliphatic carbocycles. The summed E-state index contributed by atoms with van der Waals surface area (Å²) in [4.78, 5) is 0. The molecule has 0 bridgehead atoms. The Morgan fingerprint density at radius 1 is 1.12 bits per heavy atom. The first-order chi connectivity index (χ1) is 8.02. The smallest absolute Gasteiger partial charge is 0.248 e. The molecule has 1 nitrogen and oxygen atoms in total. The van der Waals surface area contributed by atoms with Crippen molar-refractivity contribution in [1.29, 1.82) is 0 Å². The maximum atomic E-state index is 13.4. The van der Waals surface area contributed by atoms with Crippen molar-refractivity contribution in [1.82, 2.24) is 0 Å². The van der Waals surface area contributed by atoms with E-state index in [9.17, 15) is 13.9 Å². The first-order valence-electron chi connectivity index (χ1n) is 7.01. The van der Waals surface area contributed by atoms with E-state index >= 15 is 0 Å².